The molecule has 2 aromatic rings. The number of likely N-dealkylation sites (N-methyl/N-ethyl adjacent to an activating group) is 1. The predicted molar refractivity (Wildman–Crippen MR) is 86.1 cm³/mol. The molecule has 0 amide bonds. The number of hydrogen-bond donors (Lipinski definition) is 1. The first-order chi connectivity index (χ1) is 10.1. The number of benzene rings is 1. The van der Waals surface area contributed by atoms with Crippen LogP contribution in [-0.4, -0.2) is 29.5 Å². The lowest BCUT2D eigenvalue weighted by molar-refractivity contribution is 0.268. The molecule has 5 heteroatoms. The molecular weight excluding hydrogens is 286 g/mol. The van der Waals surface area contributed by atoms with Crippen LogP contribution >= 0.6 is 11.6 Å². The van der Waals surface area contributed by atoms with E-state index in [0.29, 0.717) is 11.6 Å². The van der Waals surface area contributed by atoms with Crippen molar-refractivity contribution >= 4 is 11.6 Å². The highest BCUT2D eigenvalue weighted by atomic mass is 35.5. The van der Waals surface area contributed by atoms with E-state index in [1.54, 1.807) is 0 Å². The Morgan fingerprint density at radius 1 is 1.38 bits per heavy atom. The first-order valence-electron chi connectivity index (χ1n) is 7.19. The highest BCUT2D eigenvalue weighted by Gasteiger charge is 2.12. The van der Waals surface area contributed by atoms with Gasteiger partial charge < -0.3 is 10.1 Å². The summed E-state index contributed by atoms with van der Waals surface area (Å²) in [5, 5.41) is 8.46. The summed E-state index contributed by atoms with van der Waals surface area (Å²) in [6.45, 7) is 2.70. The van der Waals surface area contributed by atoms with Crippen LogP contribution in [-0.2, 0) is 19.9 Å². The Morgan fingerprint density at radius 3 is 2.81 bits per heavy atom. The van der Waals surface area contributed by atoms with Crippen LogP contribution in [0.25, 0.3) is 0 Å². The van der Waals surface area contributed by atoms with Gasteiger partial charge in [-0.3, -0.25) is 4.68 Å². The second-order valence-electron chi connectivity index (χ2n) is 5.06. The van der Waals surface area contributed by atoms with Gasteiger partial charge in [0.15, 0.2) is 0 Å². The first-order valence-corrected chi connectivity index (χ1v) is 7.57. The number of nitrogens with zero attached hydrogens (tertiary/aromatic N) is 2. The largest absolute Gasteiger partial charge is 0.492 e. The quantitative estimate of drug-likeness (QED) is 0.855. The summed E-state index contributed by atoms with van der Waals surface area (Å²) in [7, 11) is 3.93. The maximum Gasteiger partial charge on any atom is 0.120 e. The zero-order valence-corrected chi connectivity index (χ0v) is 13.5. The molecule has 114 valence electrons. The number of aromatic nitrogens is 2. The third kappa shape index (κ3) is 4.48. The molecule has 0 aliphatic heterocycles. The summed E-state index contributed by atoms with van der Waals surface area (Å²) >= 11 is 5.96. The molecule has 0 aliphatic rings. The monoisotopic (exact) mass is 307 g/mol. The van der Waals surface area contributed by atoms with Crippen LogP contribution < -0.4 is 10.1 Å². The summed E-state index contributed by atoms with van der Waals surface area (Å²) < 4.78 is 7.76. The van der Waals surface area contributed by atoms with Gasteiger partial charge in [0.2, 0.25) is 0 Å². The molecule has 0 fully saturated rings. The molecule has 0 spiro atoms. The van der Waals surface area contributed by atoms with Crippen molar-refractivity contribution in [3.63, 3.8) is 0 Å². The van der Waals surface area contributed by atoms with Gasteiger partial charge in [-0.15, -0.1) is 0 Å². The zero-order valence-electron chi connectivity index (χ0n) is 12.8. The van der Waals surface area contributed by atoms with Crippen LogP contribution in [0, 0.1) is 0 Å². The highest BCUT2D eigenvalue weighted by molar-refractivity contribution is 6.30. The Bertz CT molecular complexity index is 583. The highest BCUT2D eigenvalue weighted by Crippen LogP contribution is 2.17. The predicted octanol–water partition coefficient (Wildman–Crippen LogP) is 2.85. The molecule has 21 heavy (non-hydrogen) atoms. The van der Waals surface area contributed by atoms with Gasteiger partial charge in [0.05, 0.1) is 5.69 Å². The molecule has 0 aliphatic carbocycles. The maximum atomic E-state index is 5.96. The van der Waals surface area contributed by atoms with Gasteiger partial charge in [0.25, 0.3) is 0 Å². The number of nitrogens with one attached hydrogen (secondary N) is 1. The Kier molecular flexibility index (Phi) is 5.65. The lowest BCUT2D eigenvalue weighted by atomic mass is 10.1. The number of rotatable bonds is 7. The number of halogens is 1. The van der Waals surface area contributed by atoms with Crippen molar-refractivity contribution in [3.05, 3.63) is 46.7 Å². The van der Waals surface area contributed by atoms with Crippen molar-refractivity contribution in [2.24, 2.45) is 7.05 Å². The van der Waals surface area contributed by atoms with E-state index in [1.165, 1.54) is 5.69 Å². The third-order valence-corrected chi connectivity index (χ3v) is 3.74. The second-order valence-corrected chi connectivity index (χ2v) is 5.50. The fraction of sp³-hybridized carbons (Fsp3) is 0.438. The number of ether oxygens (including phenoxy) is 1. The summed E-state index contributed by atoms with van der Waals surface area (Å²) in [5.41, 5.74) is 2.33. The van der Waals surface area contributed by atoms with Crippen molar-refractivity contribution in [1.29, 1.82) is 0 Å². The lowest BCUT2D eigenvalue weighted by Gasteiger charge is -2.17. The molecule has 1 heterocycles. The minimum Gasteiger partial charge on any atom is -0.492 e. The van der Waals surface area contributed by atoms with Gasteiger partial charge in [-0.25, -0.2) is 0 Å². The van der Waals surface area contributed by atoms with E-state index in [4.69, 9.17) is 16.3 Å². The van der Waals surface area contributed by atoms with Gasteiger partial charge in [-0.1, -0.05) is 24.6 Å². The molecule has 0 saturated heterocycles. The average molecular weight is 308 g/mol. The first kappa shape index (κ1) is 15.9. The van der Waals surface area contributed by atoms with E-state index in [1.807, 2.05) is 43.0 Å². The van der Waals surface area contributed by atoms with Gasteiger partial charge in [0, 0.05) is 30.2 Å². The van der Waals surface area contributed by atoms with Crippen molar-refractivity contribution in [1.82, 2.24) is 15.1 Å². The van der Waals surface area contributed by atoms with Crippen molar-refractivity contribution in [3.8, 4) is 5.75 Å². The van der Waals surface area contributed by atoms with Crippen LogP contribution in [0.1, 0.15) is 18.3 Å². The van der Waals surface area contributed by atoms with Crippen molar-refractivity contribution < 1.29 is 4.74 Å². The molecular formula is C16H22ClN3O. The zero-order chi connectivity index (χ0) is 15.2. The van der Waals surface area contributed by atoms with Gasteiger partial charge in [-0.2, -0.15) is 5.10 Å². The van der Waals surface area contributed by atoms with Crippen LogP contribution in [0.2, 0.25) is 5.02 Å². The maximum absolute atomic E-state index is 5.96. The van der Waals surface area contributed by atoms with Crippen LogP contribution in [0.15, 0.2) is 30.3 Å². The molecule has 1 atom stereocenters. The fourth-order valence-electron chi connectivity index (χ4n) is 2.19. The van der Waals surface area contributed by atoms with Crippen LogP contribution in [0.5, 0.6) is 5.75 Å². The standard InChI is InChI=1S/C16H22ClN3O/c1-4-13-9-15(20(3)19-13)10-14(18-2)11-21-16-7-5-6-12(17)8-16/h5-9,14,18H,4,10-11H2,1-3H3. The third-order valence-electron chi connectivity index (χ3n) is 3.50. The topological polar surface area (TPSA) is 39.1 Å². The average Bonchev–Trinajstić information content (AvgIpc) is 2.84. The molecule has 0 bridgehead atoms. The molecule has 4 nitrogen and oxygen atoms in total. The van der Waals surface area contributed by atoms with E-state index >= 15 is 0 Å². The molecule has 1 aromatic heterocycles. The normalized spacial score (nSPS) is 12.4. The molecule has 2 rings (SSSR count). The van der Waals surface area contributed by atoms with E-state index < -0.39 is 0 Å². The number of hydrogen-bond acceptors (Lipinski definition) is 3. The molecule has 1 aromatic carbocycles. The Hall–Kier alpha value is -1.52. The van der Waals surface area contributed by atoms with Crippen LogP contribution in [0.3, 0.4) is 0 Å². The minimum absolute atomic E-state index is 0.226. The van der Waals surface area contributed by atoms with E-state index in [-0.39, 0.29) is 6.04 Å². The Labute approximate surface area is 131 Å². The van der Waals surface area contributed by atoms with Crippen molar-refractivity contribution in [2.75, 3.05) is 13.7 Å². The summed E-state index contributed by atoms with van der Waals surface area (Å²) in [5.74, 6) is 0.794. The molecule has 0 radical (unpaired) electrons. The molecule has 1 N–H and O–H groups in total. The molecule has 0 saturated carbocycles. The van der Waals surface area contributed by atoms with E-state index in [2.05, 4.69) is 23.4 Å². The lowest BCUT2D eigenvalue weighted by Crippen LogP contribution is -2.34. The summed E-state index contributed by atoms with van der Waals surface area (Å²) in [4.78, 5) is 0. The Morgan fingerprint density at radius 2 is 2.19 bits per heavy atom. The Balaban J connectivity index is 1.95. The van der Waals surface area contributed by atoms with E-state index in [9.17, 15) is 0 Å². The van der Waals surface area contributed by atoms with Gasteiger partial charge in [-0.05, 0) is 37.7 Å². The smallest absolute Gasteiger partial charge is 0.120 e. The summed E-state index contributed by atoms with van der Waals surface area (Å²) in [6.07, 6.45) is 1.83. The van der Waals surface area contributed by atoms with Crippen LogP contribution in [0.4, 0.5) is 0 Å². The summed E-state index contributed by atoms with van der Waals surface area (Å²) in [6, 6.07) is 9.85. The SMILES string of the molecule is CCc1cc(CC(COc2cccc(Cl)c2)NC)n(C)n1. The molecule has 1 unspecified atom stereocenters. The fourth-order valence-corrected chi connectivity index (χ4v) is 2.37. The minimum atomic E-state index is 0.226. The second kappa shape index (κ2) is 7.48. The van der Waals surface area contributed by atoms with Gasteiger partial charge in [0.1, 0.15) is 12.4 Å². The van der Waals surface area contributed by atoms with Crippen molar-refractivity contribution in [2.45, 2.75) is 25.8 Å². The van der Waals surface area contributed by atoms with E-state index in [0.717, 1.165) is 24.3 Å². The van der Waals surface area contributed by atoms with Gasteiger partial charge >= 0.3 is 0 Å². The number of aryl methyl sites for hydroxylation is 2.